The second kappa shape index (κ2) is 7.16. The third-order valence-electron chi connectivity index (χ3n) is 3.88. The van der Waals surface area contributed by atoms with Crippen LogP contribution >= 0.6 is 24.0 Å². The summed E-state index contributed by atoms with van der Waals surface area (Å²) in [5.74, 6) is 1.49. The van der Waals surface area contributed by atoms with Crippen LogP contribution in [0.5, 0.6) is 11.5 Å². The van der Waals surface area contributed by atoms with Crippen molar-refractivity contribution in [2.24, 2.45) is 0 Å². The summed E-state index contributed by atoms with van der Waals surface area (Å²) in [6.45, 7) is 2.13. The van der Waals surface area contributed by atoms with Gasteiger partial charge in [-0.1, -0.05) is 23.7 Å². The van der Waals surface area contributed by atoms with Gasteiger partial charge in [0.2, 0.25) is 0 Å². The van der Waals surface area contributed by atoms with Crippen molar-refractivity contribution < 1.29 is 9.47 Å². The topological polar surface area (TPSA) is 30.5 Å². The average Bonchev–Trinajstić information content (AvgIpc) is 2.54. The highest BCUT2D eigenvalue weighted by atomic mass is 35.5. The number of benzene rings is 2. The molecule has 3 rings (SSSR count). The first-order chi connectivity index (χ1) is 10.6. The Labute approximate surface area is 147 Å². The average molecular weight is 352 g/mol. The van der Waals surface area contributed by atoms with Crippen molar-refractivity contribution in [2.45, 2.75) is 13.0 Å². The van der Waals surface area contributed by atoms with Gasteiger partial charge < -0.3 is 14.8 Å². The van der Waals surface area contributed by atoms with E-state index in [1.54, 1.807) is 14.2 Å². The highest BCUT2D eigenvalue weighted by Gasteiger charge is 2.20. The number of hydrogen-bond acceptors (Lipinski definition) is 3. The van der Waals surface area contributed by atoms with Crippen molar-refractivity contribution in [2.75, 3.05) is 14.2 Å². The molecule has 23 heavy (non-hydrogen) atoms. The van der Waals surface area contributed by atoms with E-state index in [2.05, 4.69) is 18.3 Å². The maximum Gasteiger partial charge on any atom is 0.161 e. The molecule has 3 nitrogen and oxygen atoms in total. The van der Waals surface area contributed by atoms with Gasteiger partial charge in [0.25, 0.3) is 0 Å². The number of halogens is 2. The number of nitrogens with one attached hydrogen (secondary N) is 1. The molecule has 0 saturated heterocycles. The van der Waals surface area contributed by atoms with Crippen LogP contribution in [-0.4, -0.2) is 14.2 Å². The Balaban J connectivity index is 0.00000192. The van der Waals surface area contributed by atoms with Crippen LogP contribution in [-0.2, 0) is 0 Å². The fourth-order valence-corrected chi connectivity index (χ4v) is 2.84. The smallest absolute Gasteiger partial charge is 0.161 e. The molecule has 1 unspecified atom stereocenters. The van der Waals surface area contributed by atoms with E-state index in [0.717, 1.165) is 33.3 Å². The van der Waals surface area contributed by atoms with E-state index in [0.29, 0.717) is 0 Å². The Bertz CT molecular complexity index is 727. The normalized spacial score (nSPS) is 15.7. The predicted molar refractivity (Wildman–Crippen MR) is 97.7 cm³/mol. The molecule has 0 bridgehead atoms. The summed E-state index contributed by atoms with van der Waals surface area (Å²) < 4.78 is 10.8. The zero-order valence-corrected chi connectivity index (χ0v) is 14.8. The van der Waals surface area contributed by atoms with E-state index < -0.39 is 0 Å². The molecule has 1 aliphatic rings. The van der Waals surface area contributed by atoms with Crippen molar-refractivity contribution in [3.8, 4) is 11.5 Å². The Kier molecular flexibility index (Phi) is 5.45. The highest BCUT2D eigenvalue weighted by molar-refractivity contribution is 6.30. The Morgan fingerprint density at radius 1 is 1.00 bits per heavy atom. The van der Waals surface area contributed by atoms with E-state index in [1.807, 2.05) is 36.4 Å². The van der Waals surface area contributed by atoms with Crippen LogP contribution < -0.4 is 14.8 Å². The molecule has 1 atom stereocenters. The molecular weight excluding hydrogens is 333 g/mol. The van der Waals surface area contributed by atoms with Crippen molar-refractivity contribution in [3.63, 3.8) is 0 Å². The van der Waals surface area contributed by atoms with Crippen molar-refractivity contribution in [1.82, 2.24) is 5.32 Å². The summed E-state index contributed by atoms with van der Waals surface area (Å²) >= 11 is 5.96. The summed E-state index contributed by atoms with van der Waals surface area (Å²) in [4.78, 5) is 0. The summed E-state index contributed by atoms with van der Waals surface area (Å²) in [6.07, 6.45) is 2.13. The highest BCUT2D eigenvalue weighted by Crippen LogP contribution is 2.38. The summed E-state index contributed by atoms with van der Waals surface area (Å²) in [5.41, 5.74) is 4.50. The van der Waals surface area contributed by atoms with E-state index >= 15 is 0 Å². The van der Waals surface area contributed by atoms with E-state index in [1.165, 1.54) is 5.56 Å². The lowest BCUT2D eigenvalue weighted by atomic mass is 9.94. The molecule has 0 spiro atoms. The number of methoxy groups -OCH3 is 2. The minimum Gasteiger partial charge on any atom is -0.493 e. The van der Waals surface area contributed by atoms with Gasteiger partial charge in [-0.15, -0.1) is 12.4 Å². The third-order valence-corrected chi connectivity index (χ3v) is 4.13. The van der Waals surface area contributed by atoms with Crippen LogP contribution in [0.3, 0.4) is 0 Å². The summed E-state index contributed by atoms with van der Waals surface area (Å²) in [5, 5.41) is 4.25. The van der Waals surface area contributed by atoms with Crippen LogP contribution in [0.25, 0.3) is 11.8 Å². The Morgan fingerprint density at radius 3 is 2.22 bits per heavy atom. The third kappa shape index (κ3) is 3.41. The fourth-order valence-electron chi connectivity index (χ4n) is 2.71. The zero-order valence-electron chi connectivity index (χ0n) is 13.2. The lowest BCUT2D eigenvalue weighted by Gasteiger charge is -2.26. The molecule has 2 aromatic rings. The van der Waals surface area contributed by atoms with Gasteiger partial charge >= 0.3 is 0 Å². The largest absolute Gasteiger partial charge is 0.493 e. The molecule has 1 N–H and O–H groups in total. The zero-order chi connectivity index (χ0) is 15.7. The number of ether oxygens (including phenoxy) is 2. The second-order valence-electron chi connectivity index (χ2n) is 5.27. The van der Waals surface area contributed by atoms with Crippen molar-refractivity contribution >= 4 is 35.8 Å². The van der Waals surface area contributed by atoms with Gasteiger partial charge in [-0.2, -0.15) is 0 Å². The molecule has 2 aromatic carbocycles. The van der Waals surface area contributed by atoms with Crippen LogP contribution in [0.15, 0.2) is 36.4 Å². The van der Waals surface area contributed by atoms with Crippen LogP contribution in [0.2, 0.25) is 5.02 Å². The maximum atomic E-state index is 5.96. The molecule has 122 valence electrons. The quantitative estimate of drug-likeness (QED) is 0.849. The number of fused-ring (bicyclic) bond motifs is 1. The van der Waals surface area contributed by atoms with Crippen molar-refractivity contribution in [1.29, 1.82) is 0 Å². The molecule has 0 aliphatic carbocycles. The molecular formula is C18H19Cl2NO2. The van der Waals surface area contributed by atoms with Gasteiger partial charge in [-0.05, 0) is 54.0 Å². The number of hydrogen-bond donors (Lipinski definition) is 1. The van der Waals surface area contributed by atoms with E-state index in [9.17, 15) is 0 Å². The Morgan fingerprint density at radius 2 is 1.61 bits per heavy atom. The first kappa shape index (κ1) is 17.5. The molecule has 0 saturated carbocycles. The summed E-state index contributed by atoms with van der Waals surface area (Å²) in [7, 11) is 3.30. The number of rotatable bonds is 3. The van der Waals surface area contributed by atoms with Gasteiger partial charge in [-0.25, -0.2) is 0 Å². The lowest BCUT2D eigenvalue weighted by Crippen LogP contribution is -2.21. The van der Waals surface area contributed by atoms with Gasteiger partial charge in [0.05, 0.1) is 14.2 Å². The minimum absolute atomic E-state index is 0. The summed E-state index contributed by atoms with van der Waals surface area (Å²) in [6, 6.07) is 12.1. The standard InChI is InChI=1S/C18H18ClNO2.ClH/c1-11-15-10-18(22-3)17(21-2)9-13(15)8-16(20-11)12-4-6-14(19)7-5-12;/h4-11,20H,1-3H3;1H. The molecule has 0 aromatic heterocycles. The van der Waals surface area contributed by atoms with Crippen LogP contribution in [0.4, 0.5) is 0 Å². The first-order valence-corrected chi connectivity index (χ1v) is 7.50. The monoisotopic (exact) mass is 351 g/mol. The first-order valence-electron chi connectivity index (χ1n) is 7.12. The molecule has 0 fully saturated rings. The molecule has 1 aliphatic heterocycles. The molecule has 5 heteroatoms. The maximum absolute atomic E-state index is 5.96. The minimum atomic E-state index is 0. The van der Waals surface area contributed by atoms with Crippen LogP contribution in [0, 0.1) is 0 Å². The van der Waals surface area contributed by atoms with Gasteiger partial charge in [-0.3, -0.25) is 0 Å². The van der Waals surface area contributed by atoms with Crippen molar-refractivity contribution in [3.05, 3.63) is 58.1 Å². The van der Waals surface area contributed by atoms with Gasteiger partial charge in [0.15, 0.2) is 11.5 Å². The molecule has 0 amide bonds. The van der Waals surface area contributed by atoms with Gasteiger partial charge in [0.1, 0.15) is 0 Å². The predicted octanol–water partition coefficient (Wildman–Crippen LogP) is 4.94. The Hall–Kier alpha value is -1.84. The lowest BCUT2D eigenvalue weighted by molar-refractivity contribution is 0.354. The SMILES string of the molecule is COc1cc2c(cc1OC)C(C)NC(c1ccc(Cl)cc1)=C2.Cl. The fraction of sp³-hybridized carbons (Fsp3) is 0.222. The molecule has 0 radical (unpaired) electrons. The van der Waals surface area contributed by atoms with E-state index in [4.69, 9.17) is 21.1 Å². The van der Waals surface area contributed by atoms with E-state index in [-0.39, 0.29) is 18.4 Å². The van der Waals surface area contributed by atoms with Crippen LogP contribution in [0.1, 0.15) is 29.7 Å². The molecule has 1 heterocycles. The second-order valence-corrected chi connectivity index (χ2v) is 5.70. The van der Waals surface area contributed by atoms with Gasteiger partial charge in [0, 0.05) is 16.8 Å².